The third-order valence-electron chi connectivity index (χ3n) is 4.29. The van der Waals surface area contributed by atoms with Crippen LogP contribution in [0.1, 0.15) is 12.8 Å². The van der Waals surface area contributed by atoms with Crippen LogP contribution in [0.5, 0.6) is 0 Å². The van der Waals surface area contributed by atoms with E-state index in [4.69, 9.17) is 15.5 Å². The lowest BCUT2D eigenvalue weighted by molar-refractivity contribution is 0.145. The second-order valence-corrected chi connectivity index (χ2v) is 5.82. The Bertz CT molecular complexity index is 739. The Hall–Kier alpha value is -3.00. The van der Waals surface area contributed by atoms with Gasteiger partial charge in [0.15, 0.2) is 0 Å². The highest BCUT2D eigenvalue weighted by Crippen LogP contribution is 2.29. The van der Waals surface area contributed by atoms with Crippen LogP contribution in [0.4, 0.5) is 20.6 Å². The number of hydrogen-bond acceptors (Lipinski definition) is 6. The molecule has 2 heterocycles. The number of rotatable bonds is 4. The largest absolute Gasteiger partial charge is 0.444 e. The Labute approximate surface area is 142 Å². The van der Waals surface area contributed by atoms with Crippen LogP contribution < -0.4 is 9.80 Å². The molecule has 0 spiro atoms. The number of hydrogen-bond donors (Lipinski definition) is 1. The summed E-state index contributed by atoms with van der Waals surface area (Å²) in [6.45, 7) is 1.38. The van der Waals surface area contributed by atoms with Gasteiger partial charge in [-0.25, -0.2) is 9.18 Å². The summed E-state index contributed by atoms with van der Waals surface area (Å²) >= 11 is 0. The van der Waals surface area contributed by atoms with E-state index < -0.39 is 18.0 Å². The van der Waals surface area contributed by atoms with Crippen LogP contribution in [-0.2, 0) is 4.74 Å². The molecule has 2 aliphatic rings. The van der Waals surface area contributed by atoms with E-state index in [1.807, 2.05) is 4.90 Å². The van der Waals surface area contributed by atoms with Crippen molar-refractivity contribution in [3.05, 3.63) is 34.5 Å². The third kappa shape index (κ3) is 3.58. The van der Waals surface area contributed by atoms with E-state index in [1.54, 1.807) is 12.1 Å². The van der Waals surface area contributed by atoms with Crippen molar-refractivity contribution in [3.8, 4) is 0 Å². The standard InChI is InChI=1S/C15H17FN6O3/c16-13-7-11(22-9-12(8-18-20-17)25-15(22)23)1-2-14(13)21-5-3-10(19-24)4-6-21/h1-2,7,12,24H,3-6,8-9H2/t12-/m1/s1. The average Bonchev–Trinajstić information content (AvgIpc) is 3.00. The normalized spacial score (nSPS) is 20.3. The fraction of sp³-hybridized carbons (Fsp3) is 0.467. The van der Waals surface area contributed by atoms with Crippen molar-refractivity contribution in [3.63, 3.8) is 0 Å². The topological polar surface area (TPSA) is 114 Å². The minimum absolute atomic E-state index is 0.0435. The third-order valence-corrected chi connectivity index (χ3v) is 4.29. The molecule has 1 N–H and O–H groups in total. The van der Waals surface area contributed by atoms with Gasteiger partial charge in [0, 0.05) is 30.8 Å². The fourth-order valence-corrected chi connectivity index (χ4v) is 2.98. The number of carbonyl (C=O) groups excluding carboxylic acids is 1. The summed E-state index contributed by atoms with van der Waals surface area (Å²) in [6, 6.07) is 4.58. The highest BCUT2D eigenvalue weighted by atomic mass is 19.1. The smallest absolute Gasteiger partial charge is 0.414 e. The summed E-state index contributed by atoms with van der Waals surface area (Å²) in [5, 5.41) is 15.4. The van der Waals surface area contributed by atoms with E-state index >= 15 is 0 Å². The summed E-state index contributed by atoms with van der Waals surface area (Å²) < 4.78 is 19.6. The molecule has 0 aliphatic carbocycles. The molecule has 0 aromatic heterocycles. The number of cyclic esters (lactones) is 1. The van der Waals surface area contributed by atoms with Gasteiger partial charge < -0.3 is 14.8 Å². The molecule has 2 aliphatic heterocycles. The van der Waals surface area contributed by atoms with E-state index in [0.29, 0.717) is 43.0 Å². The maximum atomic E-state index is 14.5. The highest BCUT2D eigenvalue weighted by Gasteiger charge is 2.32. The SMILES string of the molecule is [N-]=[N+]=NC[C@@H]1CN(c2ccc(N3CCC(=NO)CC3)c(F)c2)C(=O)O1. The molecule has 0 radical (unpaired) electrons. The molecule has 0 bridgehead atoms. The minimum Gasteiger partial charge on any atom is -0.444 e. The zero-order valence-corrected chi connectivity index (χ0v) is 13.4. The molecule has 132 valence electrons. The van der Waals surface area contributed by atoms with Gasteiger partial charge in [0.2, 0.25) is 0 Å². The Balaban J connectivity index is 1.72. The summed E-state index contributed by atoms with van der Waals surface area (Å²) in [7, 11) is 0. The first kappa shape index (κ1) is 16.8. The zero-order valence-electron chi connectivity index (χ0n) is 13.4. The first-order valence-electron chi connectivity index (χ1n) is 7.85. The summed E-state index contributed by atoms with van der Waals surface area (Å²) in [6.07, 6.45) is 0.0329. The molecular weight excluding hydrogens is 331 g/mol. The van der Waals surface area contributed by atoms with Gasteiger partial charge >= 0.3 is 6.09 Å². The molecule has 25 heavy (non-hydrogen) atoms. The molecular formula is C15H17FN6O3. The molecule has 0 unspecified atom stereocenters. The van der Waals surface area contributed by atoms with Crippen molar-refractivity contribution < 1.29 is 19.1 Å². The van der Waals surface area contributed by atoms with Gasteiger partial charge in [-0.1, -0.05) is 10.3 Å². The van der Waals surface area contributed by atoms with Gasteiger partial charge in [-0.05, 0) is 23.7 Å². The molecule has 2 saturated heterocycles. The number of azide groups is 1. The van der Waals surface area contributed by atoms with E-state index in [9.17, 15) is 9.18 Å². The molecule has 1 atom stereocenters. The maximum absolute atomic E-state index is 14.5. The number of halogens is 1. The lowest BCUT2D eigenvalue weighted by atomic mass is 10.1. The molecule has 1 aromatic rings. The molecule has 2 fully saturated rings. The minimum atomic E-state index is -0.591. The van der Waals surface area contributed by atoms with Gasteiger partial charge in [-0.3, -0.25) is 4.90 Å². The Morgan fingerprint density at radius 1 is 1.40 bits per heavy atom. The van der Waals surface area contributed by atoms with Crippen LogP contribution in [0.3, 0.4) is 0 Å². The number of piperidine rings is 1. The number of nitrogens with zero attached hydrogens (tertiary/aromatic N) is 6. The monoisotopic (exact) mass is 348 g/mol. The number of ether oxygens (including phenoxy) is 1. The highest BCUT2D eigenvalue weighted by molar-refractivity contribution is 5.90. The Kier molecular flexibility index (Phi) is 4.90. The predicted octanol–water partition coefficient (Wildman–Crippen LogP) is 2.89. The van der Waals surface area contributed by atoms with E-state index in [2.05, 4.69) is 15.2 Å². The van der Waals surface area contributed by atoms with Crippen LogP contribution in [-0.4, -0.2) is 49.3 Å². The van der Waals surface area contributed by atoms with Gasteiger partial charge in [-0.2, -0.15) is 0 Å². The molecule has 1 aromatic carbocycles. The van der Waals surface area contributed by atoms with Crippen LogP contribution >= 0.6 is 0 Å². The molecule has 10 heteroatoms. The predicted molar refractivity (Wildman–Crippen MR) is 88.7 cm³/mol. The van der Waals surface area contributed by atoms with Crippen molar-refractivity contribution in [1.82, 2.24) is 0 Å². The first-order valence-corrected chi connectivity index (χ1v) is 7.85. The van der Waals surface area contributed by atoms with E-state index in [0.717, 1.165) is 0 Å². The van der Waals surface area contributed by atoms with Gasteiger partial charge in [-0.15, -0.1) is 0 Å². The van der Waals surface area contributed by atoms with Gasteiger partial charge in [0.05, 0.1) is 30.2 Å². The second kappa shape index (κ2) is 7.27. The van der Waals surface area contributed by atoms with Crippen LogP contribution in [0.25, 0.3) is 10.4 Å². The molecule has 0 saturated carbocycles. The molecule has 9 nitrogen and oxygen atoms in total. The van der Waals surface area contributed by atoms with Crippen molar-refractivity contribution in [2.45, 2.75) is 18.9 Å². The van der Waals surface area contributed by atoms with Gasteiger partial charge in [0.25, 0.3) is 0 Å². The average molecular weight is 348 g/mol. The lowest BCUT2D eigenvalue weighted by Crippen LogP contribution is -2.34. The van der Waals surface area contributed by atoms with Crippen molar-refractivity contribution in [2.75, 3.05) is 36.0 Å². The van der Waals surface area contributed by atoms with E-state index in [-0.39, 0.29) is 13.1 Å². The summed E-state index contributed by atoms with van der Waals surface area (Å²) in [5.74, 6) is -0.437. The number of anilines is 2. The Morgan fingerprint density at radius 3 is 2.80 bits per heavy atom. The lowest BCUT2D eigenvalue weighted by Gasteiger charge is -2.29. The second-order valence-electron chi connectivity index (χ2n) is 5.82. The van der Waals surface area contributed by atoms with Crippen molar-refractivity contribution in [1.29, 1.82) is 0 Å². The summed E-state index contributed by atoms with van der Waals surface area (Å²) in [4.78, 5) is 17.7. The number of carbonyl (C=O) groups is 1. The van der Waals surface area contributed by atoms with Crippen molar-refractivity contribution in [2.24, 2.45) is 10.3 Å². The van der Waals surface area contributed by atoms with Crippen LogP contribution in [0.2, 0.25) is 0 Å². The Morgan fingerprint density at radius 2 is 2.16 bits per heavy atom. The zero-order chi connectivity index (χ0) is 17.8. The molecule has 3 rings (SSSR count). The van der Waals surface area contributed by atoms with Gasteiger partial charge in [0.1, 0.15) is 11.9 Å². The molecule has 1 amide bonds. The quantitative estimate of drug-likeness (QED) is 0.296. The van der Waals surface area contributed by atoms with E-state index in [1.165, 1.54) is 11.0 Å². The van der Waals surface area contributed by atoms with Crippen molar-refractivity contribution >= 4 is 23.2 Å². The van der Waals surface area contributed by atoms with Crippen LogP contribution in [0, 0.1) is 5.82 Å². The van der Waals surface area contributed by atoms with Crippen LogP contribution in [0.15, 0.2) is 28.5 Å². The number of amides is 1. The summed E-state index contributed by atoms with van der Waals surface area (Å²) in [5.41, 5.74) is 9.87. The maximum Gasteiger partial charge on any atom is 0.414 e. The number of benzene rings is 1. The fourth-order valence-electron chi connectivity index (χ4n) is 2.98. The first-order chi connectivity index (χ1) is 12.1. The number of oxime groups is 1.